The molecular weight excluding hydrogens is 128 g/mol. The lowest BCUT2D eigenvalue weighted by Crippen LogP contribution is -2.41. The van der Waals surface area contributed by atoms with Gasteiger partial charge in [-0.15, -0.1) is 0 Å². The van der Waals surface area contributed by atoms with E-state index in [2.05, 4.69) is 16.7 Å². The van der Waals surface area contributed by atoms with Crippen LogP contribution >= 0.6 is 0 Å². The summed E-state index contributed by atoms with van der Waals surface area (Å²) in [5.41, 5.74) is 0.0330. The van der Waals surface area contributed by atoms with Gasteiger partial charge in [0.15, 0.2) is 0 Å². The maximum Gasteiger partial charge on any atom is 0.145 e. The third kappa shape index (κ3) is 0.904. The van der Waals surface area contributed by atoms with Crippen LogP contribution in [0, 0.1) is 0 Å². The number of nitrogens with zero attached hydrogens (tertiary/aromatic N) is 1. The Balaban J connectivity index is 2.00. The van der Waals surface area contributed by atoms with E-state index in [-0.39, 0.29) is 5.60 Å². The molecule has 0 aromatic heterocycles. The minimum Gasteiger partial charge on any atom is -0.388 e. The first-order valence-corrected chi connectivity index (χ1v) is 3.73. The van der Waals surface area contributed by atoms with Crippen LogP contribution in [0.3, 0.4) is 0 Å². The summed E-state index contributed by atoms with van der Waals surface area (Å²) in [5, 5.41) is 6.97. The van der Waals surface area contributed by atoms with Crippen LogP contribution in [0.25, 0.3) is 0 Å². The Bertz CT molecular complexity index is 140. The summed E-state index contributed by atoms with van der Waals surface area (Å²) in [7, 11) is 0. The van der Waals surface area contributed by atoms with Crippen LogP contribution in [0.5, 0.6) is 0 Å². The molecule has 0 unspecified atom stereocenters. The van der Waals surface area contributed by atoms with E-state index in [1.807, 2.05) is 0 Å². The molecular formula is C7H11N2O. The molecule has 1 spiro atoms. The van der Waals surface area contributed by atoms with Gasteiger partial charge in [-0.2, -0.15) is 0 Å². The van der Waals surface area contributed by atoms with Crippen LogP contribution in [0.2, 0.25) is 0 Å². The molecule has 1 fully saturated rings. The van der Waals surface area contributed by atoms with Gasteiger partial charge in [0.05, 0.1) is 0 Å². The number of rotatable bonds is 0. The van der Waals surface area contributed by atoms with Crippen molar-refractivity contribution in [2.45, 2.75) is 24.9 Å². The third-order valence-corrected chi connectivity index (χ3v) is 2.22. The fourth-order valence-corrected chi connectivity index (χ4v) is 1.49. The van der Waals surface area contributed by atoms with Crippen LogP contribution in [-0.2, 0) is 4.84 Å². The first kappa shape index (κ1) is 6.16. The van der Waals surface area contributed by atoms with Crippen molar-refractivity contribution >= 4 is 6.21 Å². The van der Waals surface area contributed by atoms with Gasteiger partial charge < -0.3 is 10.2 Å². The molecule has 0 saturated carbocycles. The second-order valence-electron chi connectivity index (χ2n) is 2.95. The highest BCUT2D eigenvalue weighted by molar-refractivity contribution is 5.59. The summed E-state index contributed by atoms with van der Waals surface area (Å²) in [6.07, 6.45) is 5.89. The molecule has 1 N–H and O–H groups in total. The second-order valence-corrected chi connectivity index (χ2v) is 2.95. The van der Waals surface area contributed by atoms with E-state index in [0.29, 0.717) is 0 Å². The zero-order valence-corrected chi connectivity index (χ0v) is 5.89. The normalized spacial score (nSPS) is 28.8. The zero-order valence-electron chi connectivity index (χ0n) is 5.89. The summed E-state index contributed by atoms with van der Waals surface area (Å²) in [6.45, 7) is 2.11. The van der Waals surface area contributed by atoms with Crippen molar-refractivity contribution in [3.63, 3.8) is 0 Å². The predicted molar refractivity (Wildman–Crippen MR) is 38.0 cm³/mol. The number of piperidine rings is 1. The summed E-state index contributed by atoms with van der Waals surface area (Å²) in [4.78, 5) is 5.26. The average molecular weight is 139 g/mol. The summed E-state index contributed by atoms with van der Waals surface area (Å²) in [6, 6.07) is 0. The van der Waals surface area contributed by atoms with E-state index < -0.39 is 0 Å². The first-order chi connectivity index (χ1) is 4.91. The van der Waals surface area contributed by atoms with Gasteiger partial charge in [-0.05, 0) is 13.1 Å². The average Bonchev–Trinajstić information content (AvgIpc) is 2.39. The molecule has 0 aliphatic carbocycles. The van der Waals surface area contributed by atoms with Crippen LogP contribution in [0.1, 0.15) is 19.3 Å². The zero-order chi connectivity index (χ0) is 6.86. The van der Waals surface area contributed by atoms with Crippen molar-refractivity contribution in [1.82, 2.24) is 5.32 Å². The monoisotopic (exact) mass is 139 g/mol. The first-order valence-electron chi connectivity index (χ1n) is 3.73. The summed E-state index contributed by atoms with van der Waals surface area (Å²) in [5.74, 6) is 0. The Morgan fingerprint density at radius 2 is 2.20 bits per heavy atom. The molecule has 0 bridgehead atoms. The van der Waals surface area contributed by atoms with Gasteiger partial charge in [0.2, 0.25) is 0 Å². The fraction of sp³-hybridized carbons (Fsp3) is 0.857. The predicted octanol–water partition coefficient (Wildman–Crippen LogP) is 0.392. The molecule has 0 aromatic rings. The highest BCUT2D eigenvalue weighted by atomic mass is 16.7. The highest BCUT2D eigenvalue weighted by Gasteiger charge is 2.36. The lowest BCUT2D eigenvalue weighted by atomic mass is 9.90. The molecule has 1 radical (unpaired) electrons. The number of nitrogens with one attached hydrogen (secondary N) is 1. The van der Waals surface area contributed by atoms with Crippen LogP contribution in [-0.4, -0.2) is 24.9 Å². The van der Waals surface area contributed by atoms with Crippen molar-refractivity contribution in [3.8, 4) is 0 Å². The largest absolute Gasteiger partial charge is 0.388 e. The van der Waals surface area contributed by atoms with Crippen LogP contribution in [0.4, 0.5) is 0 Å². The Hall–Kier alpha value is -0.570. The standard InChI is InChI=1S/C7H11N2O/c1-4-8-5-2-7(1)3-6-9-10-7/h8H,1-5H2. The van der Waals surface area contributed by atoms with Crippen molar-refractivity contribution in [3.05, 3.63) is 0 Å². The lowest BCUT2D eigenvalue weighted by molar-refractivity contribution is -0.0400. The van der Waals surface area contributed by atoms with Crippen molar-refractivity contribution in [2.24, 2.45) is 5.16 Å². The molecule has 1 saturated heterocycles. The van der Waals surface area contributed by atoms with Crippen molar-refractivity contribution < 1.29 is 4.84 Å². The summed E-state index contributed by atoms with van der Waals surface area (Å²) >= 11 is 0. The van der Waals surface area contributed by atoms with Gasteiger partial charge in [-0.1, -0.05) is 5.16 Å². The molecule has 3 heteroatoms. The van der Waals surface area contributed by atoms with Crippen LogP contribution < -0.4 is 5.32 Å². The molecule has 55 valence electrons. The van der Waals surface area contributed by atoms with E-state index >= 15 is 0 Å². The van der Waals surface area contributed by atoms with Gasteiger partial charge in [0.25, 0.3) is 0 Å². The van der Waals surface area contributed by atoms with Gasteiger partial charge in [-0.3, -0.25) is 0 Å². The Labute approximate surface area is 60.4 Å². The Morgan fingerprint density at radius 3 is 2.80 bits per heavy atom. The molecule has 3 nitrogen and oxygen atoms in total. The van der Waals surface area contributed by atoms with E-state index in [1.165, 1.54) is 0 Å². The van der Waals surface area contributed by atoms with E-state index in [4.69, 9.17) is 4.84 Å². The SMILES string of the molecule is [C]1=NOC2(C1)CCNCC2. The Kier molecular flexibility index (Phi) is 1.38. The lowest BCUT2D eigenvalue weighted by Gasteiger charge is -2.30. The fourth-order valence-electron chi connectivity index (χ4n) is 1.49. The number of hydrogen-bond donors (Lipinski definition) is 1. The third-order valence-electron chi connectivity index (χ3n) is 2.22. The molecule has 2 rings (SSSR count). The molecule has 0 amide bonds. The van der Waals surface area contributed by atoms with Crippen molar-refractivity contribution in [1.29, 1.82) is 0 Å². The van der Waals surface area contributed by atoms with Gasteiger partial charge in [0, 0.05) is 19.3 Å². The molecule has 2 heterocycles. The highest BCUT2D eigenvalue weighted by Crippen LogP contribution is 2.29. The second kappa shape index (κ2) is 2.23. The number of hydrogen-bond acceptors (Lipinski definition) is 3. The molecule has 2 aliphatic heterocycles. The van der Waals surface area contributed by atoms with E-state index in [0.717, 1.165) is 32.4 Å². The Morgan fingerprint density at radius 1 is 1.40 bits per heavy atom. The smallest absolute Gasteiger partial charge is 0.145 e. The maximum absolute atomic E-state index is 5.26. The van der Waals surface area contributed by atoms with Gasteiger partial charge in [0.1, 0.15) is 11.8 Å². The quantitative estimate of drug-likeness (QED) is 0.526. The van der Waals surface area contributed by atoms with Gasteiger partial charge in [-0.25, -0.2) is 0 Å². The molecule has 10 heavy (non-hydrogen) atoms. The molecule has 0 aromatic carbocycles. The van der Waals surface area contributed by atoms with Crippen LogP contribution in [0.15, 0.2) is 5.16 Å². The topological polar surface area (TPSA) is 33.6 Å². The van der Waals surface area contributed by atoms with E-state index in [1.54, 1.807) is 0 Å². The minimum atomic E-state index is 0.0330. The summed E-state index contributed by atoms with van der Waals surface area (Å²) < 4.78 is 0. The van der Waals surface area contributed by atoms with Crippen molar-refractivity contribution in [2.75, 3.05) is 13.1 Å². The molecule has 2 aliphatic rings. The molecule has 0 atom stereocenters. The van der Waals surface area contributed by atoms with Gasteiger partial charge >= 0.3 is 0 Å². The maximum atomic E-state index is 5.26. The minimum absolute atomic E-state index is 0.0330. The van der Waals surface area contributed by atoms with E-state index in [9.17, 15) is 0 Å².